The first kappa shape index (κ1) is 12.9. The van der Waals surface area contributed by atoms with Crippen LogP contribution in [0.1, 0.15) is 16.1 Å². The fourth-order valence-electron chi connectivity index (χ4n) is 2.18. The van der Waals surface area contributed by atoms with Crippen molar-refractivity contribution in [1.29, 1.82) is 0 Å². The molecular weight excluding hydrogens is 270 g/mol. The van der Waals surface area contributed by atoms with Crippen LogP contribution in [0.25, 0.3) is 10.3 Å². The number of rotatable bonds is 3. The molecule has 0 bridgehead atoms. The molecule has 20 heavy (non-hydrogen) atoms. The van der Waals surface area contributed by atoms with Gasteiger partial charge in [0.15, 0.2) is 0 Å². The van der Waals surface area contributed by atoms with Crippen molar-refractivity contribution in [3.63, 3.8) is 0 Å². The fraction of sp³-hybridized carbons (Fsp3) is 0.200. The van der Waals surface area contributed by atoms with Crippen molar-refractivity contribution in [2.24, 2.45) is 0 Å². The standard InChI is InChI=1S/C15H15N3OS/c1-9-18-14-12(13(16)8-17-15(14)20-9)7-10-3-5-11(19-2)6-4-10/h3-6,8H,7,16H2,1-2H3. The van der Waals surface area contributed by atoms with Gasteiger partial charge in [0.25, 0.3) is 0 Å². The molecule has 0 unspecified atom stereocenters. The molecule has 0 fully saturated rings. The van der Waals surface area contributed by atoms with Crippen molar-refractivity contribution in [3.8, 4) is 5.75 Å². The van der Waals surface area contributed by atoms with Crippen LogP contribution in [0.4, 0.5) is 5.69 Å². The number of anilines is 1. The number of methoxy groups -OCH3 is 1. The summed E-state index contributed by atoms with van der Waals surface area (Å²) in [6, 6.07) is 8.00. The van der Waals surface area contributed by atoms with Crippen LogP contribution in [0.5, 0.6) is 5.75 Å². The summed E-state index contributed by atoms with van der Waals surface area (Å²) in [5, 5.41) is 1.01. The van der Waals surface area contributed by atoms with Gasteiger partial charge in [-0.25, -0.2) is 9.97 Å². The van der Waals surface area contributed by atoms with Crippen molar-refractivity contribution < 1.29 is 4.74 Å². The molecule has 1 aromatic carbocycles. The number of nitrogen functional groups attached to an aromatic ring is 1. The molecule has 2 heterocycles. The Morgan fingerprint density at radius 2 is 2.00 bits per heavy atom. The quantitative estimate of drug-likeness (QED) is 0.803. The third kappa shape index (κ3) is 2.32. The number of ether oxygens (including phenoxy) is 1. The number of aromatic nitrogens is 2. The first-order valence-electron chi connectivity index (χ1n) is 6.31. The first-order valence-corrected chi connectivity index (χ1v) is 7.12. The highest BCUT2D eigenvalue weighted by molar-refractivity contribution is 7.18. The molecule has 3 rings (SSSR count). The fourth-order valence-corrected chi connectivity index (χ4v) is 2.96. The Kier molecular flexibility index (Phi) is 3.28. The largest absolute Gasteiger partial charge is 0.497 e. The van der Waals surface area contributed by atoms with E-state index in [9.17, 15) is 0 Å². The van der Waals surface area contributed by atoms with E-state index >= 15 is 0 Å². The van der Waals surface area contributed by atoms with Gasteiger partial charge in [-0.2, -0.15) is 0 Å². The van der Waals surface area contributed by atoms with E-state index in [1.54, 1.807) is 24.6 Å². The smallest absolute Gasteiger partial charge is 0.143 e. The van der Waals surface area contributed by atoms with E-state index in [-0.39, 0.29) is 0 Å². The lowest BCUT2D eigenvalue weighted by atomic mass is 10.0. The van der Waals surface area contributed by atoms with E-state index in [0.717, 1.165) is 33.1 Å². The summed E-state index contributed by atoms with van der Waals surface area (Å²) in [4.78, 5) is 9.84. The number of fused-ring (bicyclic) bond motifs is 1. The Labute approximate surface area is 121 Å². The third-order valence-corrected chi connectivity index (χ3v) is 4.09. The van der Waals surface area contributed by atoms with Gasteiger partial charge in [-0.3, -0.25) is 0 Å². The maximum Gasteiger partial charge on any atom is 0.143 e. The van der Waals surface area contributed by atoms with Crippen LogP contribution in [-0.2, 0) is 6.42 Å². The molecule has 0 aliphatic carbocycles. The maximum absolute atomic E-state index is 6.08. The number of thiazole rings is 1. The summed E-state index contributed by atoms with van der Waals surface area (Å²) in [7, 11) is 1.66. The van der Waals surface area contributed by atoms with E-state index in [0.29, 0.717) is 5.69 Å². The summed E-state index contributed by atoms with van der Waals surface area (Å²) >= 11 is 1.59. The molecule has 3 aromatic rings. The zero-order valence-electron chi connectivity index (χ0n) is 11.4. The van der Waals surface area contributed by atoms with E-state index in [1.807, 2.05) is 31.2 Å². The summed E-state index contributed by atoms with van der Waals surface area (Å²) in [6.07, 6.45) is 2.47. The zero-order valence-corrected chi connectivity index (χ0v) is 12.2. The van der Waals surface area contributed by atoms with Crippen LogP contribution in [-0.4, -0.2) is 17.1 Å². The van der Waals surface area contributed by atoms with E-state index < -0.39 is 0 Å². The third-order valence-electron chi connectivity index (χ3n) is 3.21. The van der Waals surface area contributed by atoms with Gasteiger partial charge in [0.1, 0.15) is 16.1 Å². The second-order valence-electron chi connectivity index (χ2n) is 4.60. The van der Waals surface area contributed by atoms with Gasteiger partial charge < -0.3 is 10.5 Å². The summed E-state index contributed by atoms with van der Waals surface area (Å²) < 4.78 is 5.17. The Morgan fingerprint density at radius 1 is 1.25 bits per heavy atom. The van der Waals surface area contributed by atoms with E-state index in [4.69, 9.17) is 10.5 Å². The Balaban J connectivity index is 2.02. The molecule has 102 valence electrons. The summed E-state index contributed by atoms with van der Waals surface area (Å²) in [6.45, 7) is 1.99. The molecule has 2 aromatic heterocycles. The van der Waals surface area contributed by atoms with Crippen LogP contribution < -0.4 is 10.5 Å². The predicted molar refractivity (Wildman–Crippen MR) is 82.4 cm³/mol. The summed E-state index contributed by atoms with van der Waals surface area (Å²) in [5.74, 6) is 0.853. The molecule has 0 atom stereocenters. The van der Waals surface area contributed by atoms with Gasteiger partial charge in [-0.15, -0.1) is 0 Å². The minimum atomic E-state index is 0.693. The molecule has 0 saturated carbocycles. The van der Waals surface area contributed by atoms with E-state index in [2.05, 4.69) is 9.97 Å². The molecule has 0 aliphatic heterocycles. The second-order valence-corrected chi connectivity index (χ2v) is 5.79. The van der Waals surface area contributed by atoms with Crippen molar-refractivity contribution in [2.75, 3.05) is 12.8 Å². The highest BCUT2D eigenvalue weighted by Crippen LogP contribution is 2.28. The molecular formula is C15H15N3OS. The molecule has 2 N–H and O–H groups in total. The van der Waals surface area contributed by atoms with Crippen LogP contribution in [0.2, 0.25) is 0 Å². The Hall–Kier alpha value is -2.14. The lowest BCUT2D eigenvalue weighted by Gasteiger charge is -2.07. The molecule has 0 amide bonds. The number of pyridine rings is 1. The van der Waals surface area contributed by atoms with Crippen molar-refractivity contribution in [1.82, 2.24) is 9.97 Å². The average molecular weight is 285 g/mol. The zero-order chi connectivity index (χ0) is 14.1. The number of aryl methyl sites for hydroxylation is 1. The average Bonchev–Trinajstić information content (AvgIpc) is 2.84. The van der Waals surface area contributed by atoms with Gasteiger partial charge >= 0.3 is 0 Å². The first-order chi connectivity index (χ1) is 9.67. The van der Waals surface area contributed by atoms with Crippen LogP contribution in [0.15, 0.2) is 30.5 Å². The highest BCUT2D eigenvalue weighted by atomic mass is 32.1. The minimum Gasteiger partial charge on any atom is -0.497 e. The molecule has 5 heteroatoms. The topological polar surface area (TPSA) is 61.0 Å². The number of nitrogens with zero attached hydrogens (tertiary/aromatic N) is 2. The lowest BCUT2D eigenvalue weighted by Crippen LogP contribution is -1.98. The van der Waals surface area contributed by atoms with Gasteiger partial charge in [0, 0.05) is 12.0 Å². The van der Waals surface area contributed by atoms with Gasteiger partial charge in [-0.1, -0.05) is 23.5 Å². The molecule has 0 spiro atoms. The number of hydrogen-bond acceptors (Lipinski definition) is 5. The SMILES string of the molecule is COc1ccc(Cc2c(N)cnc3sc(C)nc23)cc1. The molecule has 0 aliphatic rings. The number of nitrogens with two attached hydrogens (primary N) is 1. The van der Waals surface area contributed by atoms with E-state index in [1.165, 1.54) is 5.56 Å². The molecule has 0 radical (unpaired) electrons. The number of benzene rings is 1. The second kappa shape index (κ2) is 5.09. The van der Waals surface area contributed by atoms with Crippen molar-refractivity contribution in [3.05, 3.63) is 46.6 Å². The Morgan fingerprint density at radius 3 is 2.70 bits per heavy atom. The lowest BCUT2D eigenvalue weighted by molar-refractivity contribution is 0.414. The van der Waals surface area contributed by atoms with Crippen molar-refractivity contribution in [2.45, 2.75) is 13.3 Å². The van der Waals surface area contributed by atoms with Gasteiger partial charge in [0.05, 0.1) is 24.0 Å². The summed E-state index contributed by atoms with van der Waals surface area (Å²) in [5.41, 5.74) is 9.91. The van der Waals surface area contributed by atoms with Gasteiger partial charge in [-0.05, 0) is 24.6 Å². The number of hydrogen-bond donors (Lipinski definition) is 1. The monoisotopic (exact) mass is 285 g/mol. The van der Waals surface area contributed by atoms with Crippen LogP contribution >= 0.6 is 11.3 Å². The van der Waals surface area contributed by atoms with Crippen molar-refractivity contribution >= 4 is 27.4 Å². The van der Waals surface area contributed by atoms with Gasteiger partial charge in [0.2, 0.25) is 0 Å². The normalized spacial score (nSPS) is 10.9. The molecule has 4 nitrogen and oxygen atoms in total. The molecule has 0 saturated heterocycles. The minimum absolute atomic E-state index is 0.693. The maximum atomic E-state index is 6.08. The van der Waals surface area contributed by atoms with Crippen LogP contribution in [0, 0.1) is 6.92 Å². The highest BCUT2D eigenvalue weighted by Gasteiger charge is 2.11. The van der Waals surface area contributed by atoms with Crippen LogP contribution in [0.3, 0.4) is 0 Å². The Bertz CT molecular complexity index is 750. The predicted octanol–water partition coefficient (Wildman–Crippen LogP) is 3.18.